The minimum absolute atomic E-state index is 0.000482. The minimum Gasteiger partial charge on any atom is -0.490 e. The first kappa shape index (κ1) is 32.4. The lowest BCUT2D eigenvalue weighted by atomic mass is 10.0. The van der Waals surface area contributed by atoms with Crippen LogP contribution in [0.15, 0.2) is 35.1 Å². The zero-order valence-electron chi connectivity index (χ0n) is 25.8. The van der Waals surface area contributed by atoms with Gasteiger partial charge in [-0.15, -0.1) is 0 Å². The van der Waals surface area contributed by atoms with Gasteiger partial charge in [-0.1, -0.05) is 50.3 Å². The molecule has 236 valence electrons. The molecule has 2 aliphatic rings. The van der Waals surface area contributed by atoms with E-state index in [0.717, 1.165) is 0 Å². The van der Waals surface area contributed by atoms with Crippen LogP contribution in [0.4, 0.5) is 24.7 Å². The zero-order valence-corrected chi connectivity index (χ0v) is 27.6. The topological polar surface area (TPSA) is 65.8 Å². The van der Waals surface area contributed by atoms with Crippen LogP contribution in [-0.4, -0.2) is 50.4 Å². The van der Waals surface area contributed by atoms with Crippen molar-refractivity contribution in [1.29, 1.82) is 0 Å². The molecule has 0 amide bonds. The van der Waals surface area contributed by atoms with Crippen LogP contribution in [-0.2, 0) is 22.8 Å². The Morgan fingerprint density at radius 1 is 1.16 bits per heavy atom. The van der Waals surface area contributed by atoms with Crippen molar-refractivity contribution in [3.8, 4) is 17.6 Å². The molecule has 5 rings (SSSR count). The number of aromatic nitrogens is 2. The van der Waals surface area contributed by atoms with Gasteiger partial charge in [0.05, 0.1) is 30.4 Å². The predicted octanol–water partition coefficient (Wildman–Crippen LogP) is 7.35. The number of nitrogens with zero attached hydrogens (tertiary/aromatic N) is 3. The third-order valence-corrected chi connectivity index (χ3v) is 13.7. The third kappa shape index (κ3) is 6.22. The van der Waals surface area contributed by atoms with E-state index in [1.165, 1.54) is 4.57 Å². The summed E-state index contributed by atoms with van der Waals surface area (Å²) in [6.45, 7) is 12.4. The molecule has 1 aliphatic carbocycles. The molecule has 1 fully saturated rings. The number of hydrogen-bond donors (Lipinski definition) is 0. The van der Waals surface area contributed by atoms with Gasteiger partial charge in [-0.3, -0.25) is 4.57 Å². The molecule has 1 saturated carbocycles. The second-order valence-electron chi connectivity index (χ2n) is 12.9. The second-order valence-corrected chi connectivity index (χ2v) is 18.1. The van der Waals surface area contributed by atoms with Gasteiger partial charge in [0.15, 0.2) is 8.32 Å². The molecule has 12 heteroatoms. The highest BCUT2D eigenvalue weighted by molar-refractivity contribution is 6.74. The van der Waals surface area contributed by atoms with Gasteiger partial charge >= 0.3 is 11.9 Å². The maximum Gasteiger partial charge on any atom is 0.405 e. The molecular formula is C32H37ClF3N3O4Si. The van der Waals surface area contributed by atoms with Gasteiger partial charge in [-0.05, 0) is 49.2 Å². The van der Waals surface area contributed by atoms with Gasteiger partial charge < -0.3 is 18.8 Å². The molecule has 0 spiro atoms. The Morgan fingerprint density at radius 2 is 1.89 bits per heavy atom. The lowest BCUT2D eigenvalue weighted by molar-refractivity contribution is -0.168. The minimum atomic E-state index is -4.37. The van der Waals surface area contributed by atoms with Crippen LogP contribution in [0, 0.1) is 17.3 Å². The van der Waals surface area contributed by atoms with Gasteiger partial charge in [-0.25, -0.2) is 4.79 Å². The van der Waals surface area contributed by atoms with Crippen molar-refractivity contribution < 1.29 is 27.1 Å². The number of ether oxygens (including phenoxy) is 2. The molecule has 0 atom stereocenters. The predicted molar refractivity (Wildman–Crippen MR) is 168 cm³/mol. The molecule has 0 bridgehead atoms. The number of halogens is 4. The smallest absolute Gasteiger partial charge is 0.405 e. The summed E-state index contributed by atoms with van der Waals surface area (Å²) in [6.07, 6.45) is -4.37. The zero-order chi connectivity index (χ0) is 32.1. The first-order chi connectivity index (χ1) is 20.5. The molecule has 1 aromatic heterocycles. The number of anilines is 2. The van der Waals surface area contributed by atoms with Gasteiger partial charge in [0.25, 0.3) is 0 Å². The molecule has 3 aromatic rings. The van der Waals surface area contributed by atoms with Crippen molar-refractivity contribution in [3.63, 3.8) is 0 Å². The van der Waals surface area contributed by atoms with Crippen molar-refractivity contribution in [2.45, 2.75) is 64.5 Å². The second kappa shape index (κ2) is 11.7. The fraction of sp³-hybridized carbons (Fsp3) is 0.500. The van der Waals surface area contributed by atoms with Gasteiger partial charge in [0.1, 0.15) is 23.6 Å². The van der Waals surface area contributed by atoms with Gasteiger partial charge in [0, 0.05) is 41.9 Å². The van der Waals surface area contributed by atoms with E-state index in [4.69, 9.17) is 25.5 Å². The van der Waals surface area contributed by atoms with Gasteiger partial charge in [-0.2, -0.15) is 18.2 Å². The monoisotopic (exact) mass is 647 g/mol. The molecule has 1 aliphatic heterocycles. The van der Waals surface area contributed by atoms with E-state index in [-0.39, 0.29) is 24.5 Å². The van der Waals surface area contributed by atoms with Crippen LogP contribution < -0.4 is 15.3 Å². The summed E-state index contributed by atoms with van der Waals surface area (Å²) in [7, 11) is -0.316. The van der Waals surface area contributed by atoms with E-state index in [9.17, 15) is 18.0 Å². The average molecular weight is 648 g/mol. The summed E-state index contributed by atoms with van der Waals surface area (Å²) in [5.41, 5.74) is -0.116. The molecule has 2 heterocycles. The van der Waals surface area contributed by atoms with Crippen molar-refractivity contribution in [1.82, 2.24) is 9.55 Å². The molecule has 0 saturated heterocycles. The van der Waals surface area contributed by atoms with Crippen LogP contribution in [0.3, 0.4) is 0 Å². The number of alkyl halides is 3. The van der Waals surface area contributed by atoms with Crippen LogP contribution in [0.25, 0.3) is 10.9 Å². The molecule has 44 heavy (non-hydrogen) atoms. The summed E-state index contributed by atoms with van der Waals surface area (Å²) in [4.78, 5) is 19.4. The Morgan fingerprint density at radius 3 is 2.55 bits per heavy atom. The van der Waals surface area contributed by atoms with E-state index in [0.29, 0.717) is 70.7 Å². The molecule has 0 unspecified atom stereocenters. The van der Waals surface area contributed by atoms with E-state index in [1.54, 1.807) is 31.3 Å². The highest BCUT2D eigenvalue weighted by Crippen LogP contribution is 2.57. The van der Waals surface area contributed by atoms with E-state index in [2.05, 4.69) is 50.7 Å². The summed E-state index contributed by atoms with van der Waals surface area (Å²) in [6, 6.07) is 8.70. The standard InChI is InChI=1S/C32H37ClF3N3O4Si/c1-30(2,3)44(5,6)43-17-16-42-27-19-26-22(18-24(27)33)28(37-29(40)38(26)4)39-14-15-41-20-23-21(8-7-9-25(23)39)10-11-31(12-13-31)32(34,35)36/h7-9,18-19H,12-17,20H2,1-6H3. The Bertz CT molecular complexity index is 1700. The Labute approximate surface area is 261 Å². The van der Waals surface area contributed by atoms with Crippen LogP contribution in [0.5, 0.6) is 5.75 Å². The highest BCUT2D eigenvalue weighted by Gasteiger charge is 2.62. The quantitative estimate of drug-likeness (QED) is 0.158. The van der Waals surface area contributed by atoms with E-state index < -0.39 is 25.6 Å². The Hall–Kier alpha value is -3.04. The molecule has 7 nitrogen and oxygen atoms in total. The summed E-state index contributed by atoms with van der Waals surface area (Å²) >= 11 is 6.71. The lowest BCUT2D eigenvalue weighted by Gasteiger charge is -2.36. The first-order valence-corrected chi connectivity index (χ1v) is 17.9. The molecule has 0 N–H and O–H groups in total. The SMILES string of the molecule is Cn1c(=O)nc(N2CCOCc3c(C#CC4(C(F)(F)F)CC4)cccc32)c2cc(Cl)c(OCCO[Si](C)(C)C(C)(C)C)cc21. The molecule has 0 radical (unpaired) electrons. The number of hydrogen-bond acceptors (Lipinski definition) is 6. The fourth-order valence-corrected chi connectivity index (χ4v) is 6.11. The van der Waals surface area contributed by atoms with Crippen molar-refractivity contribution in [2.75, 3.05) is 31.3 Å². The number of rotatable bonds is 6. The summed E-state index contributed by atoms with van der Waals surface area (Å²) in [5, 5.41) is 1.03. The number of fused-ring (bicyclic) bond motifs is 2. The first-order valence-electron chi connectivity index (χ1n) is 14.6. The van der Waals surface area contributed by atoms with Crippen LogP contribution in [0.1, 0.15) is 44.7 Å². The maximum atomic E-state index is 13.5. The van der Waals surface area contributed by atoms with Crippen molar-refractivity contribution >= 4 is 42.3 Å². The Balaban J connectivity index is 1.49. The van der Waals surface area contributed by atoms with Gasteiger partial charge in [0.2, 0.25) is 0 Å². The van der Waals surface area contributed by atoms with Crippen LogP contribution >= 0.6 is 11.6 Å². The maximum absolute atomic E-state index is 13.5. The normalized spacial score (nSPS) is 16.6. The highest BCUT2D eigenvalue weighted by atomic mass is 35.5. The fourth-order valence-electron chi connectivity index (χ4n) is 4.87. The largest absolute Gasteiger partial charge is 0.490 e. The molecule has 2 aromatic carbocycles. The summed E-state index contributed by atoms with van der Waals surface area (Å²) < 4.78 is 60.1. The number of aryl methyl sites for hydroxylation is 1. The third-order valence-electron chi connectivity index (χ3n) is 8.88. The van der Waals surface area contributed by atoms with E-state index >= 15 is 0 Å². The number of benzene rings is 2. The average Bonchev–Trinajstić information content (AvgIpc) is 3.76. The van der Waals surface area contributed by atoms with Crippen LogP contribution in [0.2, 0.25) is 23.2 Å². The Kier molecular flexibility index (Phi) is 8.61. The lowest BCUT2D eigenvalue weighted by Crippen LogP contribution is -2.41. The van der Waals surface area contributed by atoms with Crippen molar-refractivity contribution in [3.05, 3.63) is 57.0 Å². The van der Waals surface area contributed by atoms with Crippen molar-refractivity contribution in [2.24, 2.45) is 12.5 Å². The summed E-state index contributed by atoms with van der Waals surface area (Å²) in [5.74, 6) is 6.06. The van der Waals surface area contributed by atoms with E-state index in [1.807, 2.05) is 11.0 Å². The molecular weight excluding hydrogens is 611 g/mol.